The molecule has 0 radical (unpaired) electrons. The number of pyridine rings is 1. The zero-order valence-electron chi connectivity index (χ0n) is 9.90. The summed E-state index contributed by atoms with van der Waals surface area (Å²) in [6.45, 7) is -0.680. The molecule has 0 saturated carbocycles. The molecule has 0 unspecified atom stereocenters. The van der Waals surface area contributed by atoms with Crippen LogP contribution in [-0.2, 0) is 15.8 Å². The van der Waals surface area contributed by atoms with Gasteiger partial charge in [0.25, 0.3) is 5.91 Å². The van der Waals surface area contributed by atoms with Crippen LogP contribution in [0.25, 0.3) is 0 Å². The Morgan fingerprint density at radius 2 is 1.80 bits per heavy atom. The minimum absolute atomic E-state index is 0.263. The number of halogens is 3. The molecule has 9 heteroatoms. The lowest BCUT2D eigenvalue weighted by Gasteiger charge is -2.25. The van der Waals surface area contributed by atoms with Crippen LogP contribution in [0.3, 0.4) is 0 Å². The minimum atomic E-state index is -4.55. The number of amides is 3. The van der Waals surface area contributed by atoms with Gasteiger partial charge in [-0.2, -0.15) is 13.2 Å². The van der Waals surface area contributed by atoms with Crippen LogP contribution in [0.1, 0.15) is 16.1 Å². The lowest BCUT2D eigenvalue weighted by Crippen LogP contribution is -2.53. The topological polar surface area (TPSA) is 79.4 Å². The number of imide groups is 1. The number of hydrogen-bond acceptors (Lipinski definition) is 4. The van der Waals surface area contributed by atoms with E-state index in [-0.39, 0.29) is 18.8 Å². The standard InChI is InChI=1S/C11H8F3N3O3/c12-11(13,14)6-1-2-7(15-3-6)10(20)17-4-8(18)16-9(19)5-17/h1-3H,4-5H2,(H,16,18,19). The predicted octanol–water partition coefficient (Wildman–Crippen LogP) is 0.199. The third-order valence-corrected chi connectivity index (χ3v) is 2.54. The summed E-state index contributed by atoms with van der Waals surface area (Å²) in [5, 5.41) is 2.00. The smallest absolute Gasteiger partial charge is 0.319 e. The van der Waals surface area contributed by atoms with Gasteiger partial charge in [-0.25, -0.2) is 0 Å². The molecule has 0 aromatic carbocycles. The van der Waals surface area contributed by atoms with Gasteiger partial charge in [0.2, 0.25) is 11.8 Å². The Bertz CT molecular complexity index is 553. The van der Waals surface area contributed by atoms with Gasteiger partial charge in [0.1, 0.15) is 18.8 Å². The number of nitrogens with zero attached hydrogens (tertiary/aromatic N) is 2. The molecule has 0 aliphatic carbocycles. The molecule has 1 aromatic heterocycles. The molecule has 0 spiro atoms. The van der Waals surface area contributed by atoms with Crippen molar-refractivity contribution in [1.29, 1.82) is 0 Å². The quantitative estimate of drug-likeness (QED) is 0.748. The van der Waals surface area contributed by atoms with Crippen molar-refractivity contribution in [2.24, 2.45) is 0 Å². The van der Waals surface area contributed by atoms with Crippen molar-refractivity contribution >= 4 is 17.7 Å². The highest BCUT2D eigenvalue weighted by Crippen LogP contribution is 2.28. The number of alkyl halides is 3. The molecule has 3 amide bonds. The Kier molecular flexibility index (Phi) is 3.43. The van der Waals surface area contributed by atoms with Gasteiger partial charge in [0, 0.05) is 6.20 Å². The molecule has 2 rings (SSSR count). The predicted molar refractivity (Wildman–Crippen MR) is 58.3 cm³/mol. The summed E-state index contributed by atoms with van der Waals surface area (Å²) in [6, 6.07) is 1.62. The first-order chi connectivity index (χ1) is 9.27. The van der Waals surface area contributed by atoms with Crippen LogP contribution in [0.5, 0.6) is 0 Å². The van der Waals surface area contributed by atoms with Gasteiger partial charge in [0.05, 0.1) is 5.56 Å². The van der Waals surface area contributed by atoms with Crippen molar-refractivity contribution in [3.8, 4) is 0 Å². The maximum Gasteiger partial charge on any atom is 0.417 e. The second kappa shape index (κ2) is 4.91. The summed E-state index contributed by atoms with van der Waals surface area (Å²) in [6.07, 6.45) is -4.02. The van der Waals surface area contributed by atoms with E-state index >= 15 is 0 Å². The van der Waals surface area contributed by atoms with Gasteiger partial charge in [0.15, 0.2) is 0 Å². The van der Waals surface area contributed by atoms with Crippen LogP contribution >= 0.6 is 0 Å². The molecule has 1 N–H and O–H groups in total. The average molecular weight is 287 g/mol. The maximum absolute atomic E-state index is 12.3. The Hall–Kier alpha value is -2.45. The fraction of sp³-hybridized carbons (Fsp3) is 0.273. The van der Waals surface area contributed by atoms with Crippen LogP contribution in [-0.4, -0.2) is 40.7 Å². The van der Waals surface area contributed by atoms with Crippen molar-refractivity contribution in [2.75, 3.05) is 13.1 Å². The molecular weight excluding hydrogens is 279 g/mol. The fourth-order valence-corrected chi connectivity index (χ4v) is 1.63. The van der Waals surface area contributed by atoms with E-state index in [0.29, 0.717) is 12.3 Å². The first-order valence-corrected chi connectivity index (χ1v) is 5.42. The molecule has 1 aromatic rings. The van der Waals surface area contributed by atoms with Crippen LogP contribution in [0.4, 0.5) is 13.2 Å². The Morgan fingerprint density at radius 1 is 1.20 bits per heavy atom. The normalized spacial score (nSPS) is 16.1. The highest BCUT2D eigenvalue weighted by atomic mass is 19.4. The minimum Gasteiger partial charge on any atom is -0.319 e. The van der Waals surface area contributed by atoms with Gasteiger partial charge in [-0.3, -0.25) is 24.7 Å². The summed E-state index contributed by atoms with van der Waals surface area (Å²) in [4.78, 5) is 38.5. The third-order valence-electron chi connectivity index (χ3n) is 2.54. The first kappa shape index (κ1) is 14.0. The number of carbonyl (C=O) groups is 3. The van der Waals surface area contributed by atoms with Crippen molar-refractivity contribution < 1.29 is 27.6 Å². The molecule has 20 heavy (non-hydrogen) atoms. The summed E-state index contributed by atoms with van der Waals surface area (Å²) < 4.78 is 37.0. The summed E-state index contributed by atoms with van der Waals surface area (Å²) in [5.74, 6) is -2.08. The molecule has 2 heterocycles. The number of piperazine rings is 1. The van der Waals surface area contributed by atoms with E-state index in [1.807, 2.05) is 5.32 Å². The number of hydrogen-bond donors (Lipinski definition) is 1. The van der Waals surface area contributed by atoms with Gasteiger partial charge in [-0.05, 0) is 12.1 Å². The lowest BCUT2D eigenvalue weighted by molar-refractivity contribution is -0.138. The second-order valence-electron chi connectivity index (χ2n) is 4.06. The van der Waals surface area contributed by atoms with Crippen LogP contribution in [0, 0.1) is 0 Å². The van der Waals surface area contributed by atoms with Gasteiger partial charge < -0.3 is 4.90 Å². The Labute approximate surface area is 110 Å². The molecule has 0 bridgehead atoms. The van der Waals surface area contributed by atoms with Gasteiger partial charge in [-0.15, -0.1) is 0 Å². The molecule has 1 fully saturated rings. The average Bonchev–Trinajstić information content (AvgIpc) is 2.36. The van der Waals surface area contributed by atoms with Crippen LogP contribution in [0.15, 0.2) is 18.3 Å². The molecule has 6 nitrogen and oxygen atoms in total. The summed E-state index contributed by atoms with van der Waals surface area (Å²) in [5.41, 5.74) is -1.25. The first-order valence-electron chi connectivity index (χ1n) is 5.42. The summed E-state index contributed by atoms with van der Waals surface area (Å²) in [7, 11) is 0. The zero-order valence-corrected chi connectivity index (χ0v) is 9.90. The highest BCUT2D eigenvalue weighted by Gasteiger charge is 2.32. The van der Waals surface area contributed by atoms with Gasteiger partial charge in [-0.1, -0.05) is 0 Å². The number of nitrogens with one attached hydrogen (secondary N) is 1. The molecule has 106 valence electrons. The molecular formula is C11H8F3N3O3. The lowest BCUT2D eigenvalue weighted by atomic mass is 10.2. The Morgan fingerprint density at radius 3 is 2.25 bits per heavy atom. The molecule has 1 aliphatic rings. The number of carbonyl (C=O) groups excluding carboxylic acids is 3. The zero-order chi connectivity index (χ0) is 14.9. The number of rotatable bonds is 1. The largest absolute Gasteiger partial charge is 0.417 e. The van der Waals surface area contributed by atoms with E-state index < -0.39 is 29.5 Å². The highest BCUT2D eigenvalue weighted by molar-refractivity contribution is 6.05. The molecule has 1 saturated heterocycles. The monoisotopic (exact) mass is 287 g/mol. The van der Waals surface area contributed by atoms with Crippen molar-refractivity contribution in [2.45, 2.75) is 6.18 Å². The van der Waals surface area contributed by atoms with E-state index in [1.165, 1.54) is 0 Å². The van der Waals surface area contributed by atoms with Gasteiger partial charge >= 0.3 is 6.18 Å². The second-order valence-corrected chi connectivity index (χ2v) is 4.06. The van der Waals surface area contributed by atoms with E-state index in [0.717, 1.165) is 11.0 Å². The van der Waals surface area contributed by atoms with E-state index in [2.05, 4.69) is 4.98 Å². The van der Waals surface area contributed by atoms with E-state index in [1.54, 1.807) is 0 Å². The van der Waals surface area contributed by atoms with E-state index in [4.69, 9.17) is 0 Å². The van der Waals surface area contributed by atoms with Crippen molar-refractivity contribution in [3.63, 3.8) is 0 Å². The maximum atomic E-state index is 12.3. The van der Waals surface area contributed by atoms with E-state index in [9.17, 15) is 27.6 Å². The number of aromatic nitrogens is 1. The van der Waals surface area contributed by atoms with Crippen molar-refractivity contribution in [1.82, 2.24) is 15.2 Å². The third kappa shape index (κ3) is 2.92. The SMILES string of the molecule is O=C1CN(C(=O)c2ccc(C(F)(F)F)cn2)CC(=O)N1. The summed E-state index contributed by atoms with van der Waals surface area (Å²) >= 11 is 0. The van der Waals surface area contributed by atoms with Crippen LogP contribution in [0.2, 0.25) is 0 Å². The fourth-order valence-electron chi connectivity index (χ4n) is 1.63. The molecule has 1 aliphatic heterocycles. The van der Waals surface area contributed by atoms with Crippen LogP contribution < -0.4 is 5.32 Å². The molecule has 0 atom stereocenters. The Balaban J connectivity index is 2.17. The van der Waals surface area contributed by atoms with Crippen molar-refractivity contribution in [3.05, 3.63) is 29.6 Å².